The Hall–Kier alpha value is -2.18. The molecule has 1 amide bonds. The number of esters is 1. The van der Waals surface area contributed by atoms with Crippen molar-refractivity contribution in [1.82, 2.24) is 5.43 Å². The number of nitrogens with two attached hydrogens (primary N) is 1. The fraction of sp³-hybridized carbons (Fsp3) is 0. The van der Waals surface area contributed by atoms with Crippen LogP contribution >= 0.6 is 15.9 Å². The third-order valence-electron chi connectivity index (χ3n) is 2.54. The van der Waals surface area contributed by atoms with Crippen LogP contribution in [0.25, 0.3) is 0 Å². The topological polar surface area (TPSA) is 81.4 Å². The molecule has 0 aliphatic carbocycles. The summed E-state index contributed by atoms with van der Waals surface area (Å²) in [6, 6.07) is 12.9. The number of nitrogens with one attached hydrogen (secondary N) is 1. The number of rotatable bonds is 3. The van der Waals surface area contributed by atoms with Gasteiger partial charge in [0, 0.05) is 10.0 Å². The Morgan fingerprint density at radius 2 is 1.50 bits per heavy atom. The van der Waals surface area contributed by atoms with Gasteiger partial charge in [-0.3, -0.25) is 10.2 Å². The van der Waals surface area contributed by atoms with Crippen molar-refractivity contribution < 1.29 is 14.3 Å². The summed E-state index contributed by atoms with van der Waals surface area (Å²) in [5.41, 5.74) is 2.85. The van der Waals surface area contributed by atoms with E-state index in [1.165, 1.54) is 24.3 Å². The Morgan fingerprint density at radius 3 is 2.05 bits per heavy atom. The first-order valence-corrected chi connectivity index (χ1v) is 6.48. The van der Waals surface area contributed by atoms with Crippen LogP contribution < -0.4 is 16.0 Å². The number of amides is 1. The smallest absolute Gasteiger partial charge is 0.343 e. The van der Waals surface area contributed by atoms with E-state index < -0.39 is 11.9 Å². The third kappa shape index (κ3) is 3.43. The van der Waals surface area contributed by atoms with Gasteiger partial charge in [0.1, 0.15) is 5.75 Å². The molecule has 0 aliphatic rings. The monoisotopic (exact) mass is 334 g/mol. The number of ether oxygens (including phenoxy) is 1. The maximum atomic E-state index is 11.9. The van der Waals surface area contributed by atoms with Gasteiger partial charge in [-0.05, 0) is 48.5 Å². The molecule has 6 heteroatoms. The summed E-state index contributed by atoms with van der Waals surface area (Å²) >= 11 is 3.29. The van der Waals surface area contributed by atoms with Crippen LogP contribution in [0.5, 0.6) is 5.75 Å². The molecule has 3 N–H and O–H groups in total. The molecule has 0 fully saturated rings. The average molecular weight is 335 g/mol. The van der Waals surface area contributed by atoms with Gasteiger partial charge in [0.25, 0.3) is 5.91 Å². The van der Waals surface area contributed by atoms with Gasteiger partial charge >= 0.3 is 5.97 Å². The van der Waals surface area contributed by atoms with E-state index in [2.05, 4.69) is 15.9 Å². The quantitative estimate of drug-likeness (QED) is 0.296. The molecule has 0 atom stereocenters. The van der Waals surface area contributed by atoms with E-state index in [4.69, 9.17) is 10.6 Å². The Bertz CT molecular complexity index is 624. The zero-order valence-electron chi connectivity index (χ0n) is 10.3. The molecule has 102 valence electrons. The molecule has 2 rings (SSSR count). The summed E-state index contributed by atoms with van der Waals surface area (Å²) in [6.45, 7) is 0. The Labute approximate surface area is 123 Å². The lowest BCUT2D eigenvalue weighted by Crippen LogP contribution is -2.29. The number of hydrogen-bond acceptors (Lipinski definition) is 4. The van der Waals surface area contributed by atoms with Crippen molar-refractivity contribution in [2.24, 2.45) is 5.84 Å². The zero-order valence-corrected chi connectivity index (χ0v) is 11.9. The number of hydrazine groups is 1. The molecule has 0 aromatic heterocycles. The zero-order chi connectivity index (χ0) is 14.5. The Kier molecular flexibility index (Phi) is 4.49. The SMILES string of the molecule is NNC(=O)c1ccc(OC(=O)c2ccc(Br)cc2)cc1. The summed E-state index contributed by atoms with van der Waals surface area (Å²) in [4.78, 5) is 23.1. The number of carbonyl (C=O) groups is 2. The normalized spacial score (nSPS) is 9.90. The molecule has 0 saturated carbocycles. The fourth-order valence-electron chi connectivity index (χ4n) is 1.51. The highest BCUT2D eigenvalue weighted by molar-refractivity contribution is 9.10. The number of benzene rings is 2. The van der Waals surface area contributed by atoms with Crippen molar-refractivity contribution in [2.75, 3.05) is 0 Å². The van der Waals surface area contributed by atoms with Gasteiger partial charge in [-0.1, -0.05) is 15.9 Å². The van der Waals surface area contributed by atoms with Gasteiger partial charge in [-0.15, -0.1) is 0 Å². The molecule has 2 aromatic carbocycles. The highest BCUT2D eigenvalue weighted by Gasteiger charge is 2.09. The first-order valence-electron chi connectivity index (χ1n) is 5.69. The maximum Gasteiger partial charge on any atom is 0.343 e. The number of halogens is 1. The third-order valence-corrected chi connectivity index (χ3v) is 3.07. The summed E-state index contributed by atoms with van der Waals surface area (Å²) < 4.78 is 6.07. The predicted molar refractivity (Wildman–Crippen MR) is 77.2 cm³/mol. The lowest BCUT2D eigenvalue weighted by Gasteiger charge is -2.05. The molecule has 0 bridgehead atoms. The standard InChI is InChI=1S/C14H11BrN2O3/c15-11-5-1-10(2-6-11)14(19)20-12-7-3-9(4-8-12)13(18)17-16/h1-8H,16H2,(H,17,18). The second-order valence-electron chi connectivity index (χ2n) is 3.89. The summed E-state index contributed by atoms with van der Waals surface area (Å²) in [6.07, 6.45) is 0. The molecular weight excluding hydrogens is 324 g/mol. The highest BCUT2D eigenvalue weighted by atomic mass is 79.9. The van der Waals surface area contributed by atoms with Crippen LogP contribution in [0.1, 0.15) is 20.7 Å². The van der Waals surface area contributed by atoms with E-state index in [-0.39, 0.29) is 0 Å². The van der Waals surface area contributed by atoms with E-state index in [0.717, 1.165) is 4.47 Å². The largest absolute Gasteiger partial charge is 0.423 e. The van der Waals surface area contributed by atoms with Crippen molar-refractivity contribution in [3.05, 3.63) is 64.1 Å². The molecule has 0 radical (unpaired) electrons. The van der Waals surface area contributed by atoms with Crippen LogP contribution in [0.15, 0.2) is 53.0 Å². The minimum absolute atomic E-state index is 0.353. The average Bonchev–Trinajstić information content (AvgIpc) is 2.48. The molecule has 0 spiro atoms. The van der Waals surface area contributed by atoms with Crippen molar-refractivity contribution in [3.8, 4) is 5.75 Å². The second kappa shape index (κ2) is 6.31. The van der Waals surface area contributed by atoms with Gasteiger partial charge in [0.05, 0.1) is 5.56 Å². The molecule has 2 aromatic rings. The minimum Gasteiger partial charge on any atom is -0.423 e. The van der Waals surface area contributed by atoms with Crippen LogP contribution in [0, 0.1) is 0 Å². The van der Waals surface area contributed by atoms with Gasteiger partial charge in [-0.25, -0.2) is 10.6 Å². The molecule has 0 saturated heterocycles. The number of hydrogen-bond donors (Lipinski definition) is 2. The van der Waals surface area contributed by atoms with Crippen molar-refractivity contribution in [3.63, 3.8) is 0 Å². The van der Waals surface area contributed by atoms with Gasteiger partial charge < -0.3 is 4.74 Å². The van der Waals surface area contributed by atoms with Crippen LogP contribution in [-0.2, 0) is 0 Å². The van der Waals surface area contributed by atoms with Crippen LogP contribution in [0.2, 0.25) is 0 Å². The van der Waals surface area contributed by atoms with E-state index >= 15 is 0 Å². The molecular formula is C14H11BrN2O3. The first kappa shape index (κ1) is 14.2. The number of nitrogen functional groups attached to an aromatic ring is 1. The van der Waals surface area contributed by atoms with Crippen molar-refractivity contribution >= 4 is 27.8 Å². The lowest BCUT2D eigenvalue weighted by molar-refractivity contribution is 0.0734. The Morgan fingerprint density at radius 1 is 0.950 bits per heavy atom. The second-order valence-corrected chi connectivity index (χ2v) is 4.81. The summed E-state index contributed by atoms with van der Waals surface area (Å²) in [5.74, 6) is 4.50. The fourth-order valence-corrected chi connectivity index (χ4v) is 1.77. The van der Waals surface area contributed by atoms with Gasteiger partial charge in [0.2, 0.25) is 0 Å². The Balaban J connectivity index is 2.08. The van der Waals surface area contributed by atoms with E-state index in [1.807, 2.05) is 5.43 Å². The molecule has 0 heterocycles. The van der Waals surface area contributed by atoms with E-state index in [1.54, 1.807) is 24.3 Å². The molecule has 20 heavy (non-hydrogen) atoms. The number of carbonyl (C=O) groups excluding carboxylic acids is 2. The molecule has 0 aliphatic heterocycles. The highest BCUT2D eigenvalue weighted by Crippen LogP contribution is 2.16. The molecule has 0 unspecified atom stereocenters. The van der Waals surface area contributed by atoms with E-state index in [9.17, 15) is 9.59 Å². The summed E-state index contributed by atoms with van der Waals surface area (Å²) in [7, 11) is 0. The minimum atomic E-state index is -0.464. The first-order chi connectivity index (χ1) is 9.60. The summed E-state index contributed by atoms with van der Waals surface area (Å²) in [5, 5.41) is 0. The molecule has 5 nitrogen and oxygen atoms in total. The van der Waals surface area contributed by atoms with Crippen LogP contribution in [0.4, 0.5) is 0 Å². The lowest BCUT2D eigenvalue weighted by atomic mass is 10.2. The van der Waals surface area contributed by atoms with Crippen LogP contribution in [0.3, 0.4) is 0 Å². The van der Waals surface area contributed by atoms with Gasteiger partial charge in [0.15, 0.2) is 0 Å². The van der Waals surface area contributed by atoms with Crippen LogP contribution in [-0.4, -0.2) is 11.9 Å². The predicted octanol–water partition coefficient (Wildman–Crippen LogP) is 2.27. The van der Waals surface area contributed by atoms with Crippen molar-refractivity contribution in [2.45, 2.75) is 0 Å². The van der Waals surface area contributed by atoms with Crippen molar-refractivity contribution in [1.29, 1.82) is 0 Å². The van der Waals surface area contributed by atoms with Gasteiger partial charge in [-0.2, -0.15) is 0 Å². The maximum absolute atomic E-state index is 11.9. The van der Waals surface area contributed by atoms with E-state index in [0.29, 0.717) is 16.9 Å².